The lowest BCUT2D eigenvalue weighted by Crippen LogP contribution is -2.24. The second-order valence-electron chi connectivity index (χ2n) is 10.9. The highest BCUT2D eigenvalue weighted by Gasteiger charge is 2.43. The predicted octanol–water partition coefficient (Wildman–Crippen LogP) is 7.41. The predicted molar refractivity (Wildman–Crippen MR) is 163 cm³/mol. The number of rotatable bonds is 10. The van der Waals surface area contributed by atoms with Crippen molar-refractivity contribution in [2.45, 2.75) is 45.6 Å². The van der Waals surface area contributed by atoms with Crippen LogP contribution in [0.4, 0.5) is 11.4 Å². The molecule has 1 aliphatic heterocycles. The summed E-state index contributed by atoms with van der Waals surface area (Å²) in [4.78, 5) is 24.1. The molecule has 40 heavy (non-hydrogen) atoms. The lowest BCUT2D eigenvalue weighted by molar-refractivity contribution is -0.509. The first-order valence-electron chi connectivity index (χ1n) is 13.2. The average Bonchev–Trinajstić information content (AvgIpc) is 3.11. The fraction of sp³-hybridized carbons (Fsp3) is 0.312. The SMILES string of the molecule is C=C(/C=C/C=C/C=C/C=C/C=C1/N(C)C2=C(CC([N+](=O)[O-])C=C2)C1(C)C)C(C)(C)c1cc([N+](=O)[O-])ccc1NC. The van der Waals surface area contributed by atoms with Crippen molar-refractivity contribution >= 4 is 11.4 Å². The van der Waals surface area contributed by atoms with Gasteiger partial charge in [-0.1, -0.05) is 82.9 Å². The number of nitro benzene ring substituents is 1. The minimum absolute atomic E-state index is 0.0481. The van der Waals surface area contributed by atoms with Crippen molar-refractivity contribution in [1.29, 1.82) is 0 Å². The lowest BCUT2D eigenvalue weighted by atomic mass is 9.77. The summed E-state index contributed by atoms with van der Waals surface area (Å²) in [7, 11) is 3.79. The van der Waals surface area contributed by atoms with Crippen molar-refractivity contribution < 1.29 is 9.85 Å². The molecule has 2 aliphatic rings. The van der Waals surface area contributed by atoms with E-state index in [1.54, 1.807) is 25.3 Å². The summed E-state index contributed by atoms with van der Waals surface area (Å²) >= 11 is 0. The first kappa shape index (κ1) is 30.1. The normalized spacial score (nSPS) is 20.0. The average molecular weight is 543 g/mol. The van der Waals surface area contributed by atoms with E-state index < -0.39 is 11.5 Å². The molecule has 0 spiro atoms. The zero-order valence-electron chi connectivity index (χ0n) is 24.0. The zero-order chi connectivity index (χ0) is 29.7. The van der Waals surface area contributed by atoms with Gasteiger partial charge in [0.2, 0.25) is 6.04 Å². The molecule has 1 atom stereocenters. The third kappa shape index (κ3) is 6.22. The minimum Gasteiger partial charge on any atom is -0.388 e. The molecule has 1 aromatic carbocycles. The van der Waals surface area contributed by atoms with Crippen LogP contribution in [0, 0.1) is 25.6 Å². The van der Waals surface area contributed by atoms with Gasteiger partial charge in [0.15, 0.2) is 0 Å². The quantitative estimate of drug-likeness (QED) is 0.188. The van der Waals surface area contributed by atoms with Gasteiger partial charge in [0.05, 0.1) is 4.92 Å². The maximum Gasteiger partial charge on any atom is 0.269 e. The van der Waals surface area contributed by atoms with Crippen LogP contribution in [0.25, 0.3) is 0 Å². The van der Waals surface area contributed by atoms with E-state index in [-0.39, 0.29) is 20.9 Å². The maximum atomic E-state index is 11.3. The third-order valence-corrected chi connectivity index (χ3v) is 7.76. The van der Waals surface area contributed by atoms with Gasteiger partial charge in [0, 0.05) is 65.5 Å². The van der Waals surface area contributed by atoms with Crippen molar-refractivity contribution in [2.75, 3.05) is 19.4 Å². The molecule has 1 aliphatic carbocycles. The molecule has 1 aromatic rings. The van der Waals surface area contributed by atoms with E-state index in [2.05, 4.69) is 36.7 Å². The molecule has 0 bridgehead atoms. The smallest absolute Gasteiger partial charge is 0.269 e. The number of likely N-dealkylation sites (N-methyl/N-ethyl adjacent to an activating group) is 1. The Morgan fingerprint density at radius 2 is 1.73 bits per heavy atom. The molecule has 1 N–H and O–H groups in total. The molecule has 0 aromatic heterocycles. The van der Waals surface area contributed by atoms with Gasteiger partial charge in [-0.2, -0.15) is 0 Å². The fourth-order valence-electron chi connectivity index (χ4n) is 5.14. The van der Waals surface area contributed by atoms with E-state index >= 15 is 0 Å². The monoisotopic (exact) mass is 542 g/mol. The molecule has 210 valence electrons. The summed E-state index contributed by atoms with van der Waals surface area (Å²) in [5.41, 5.74) is 4.95. The van der Waals surface area contributed by atoms with Crippen LogP contribution >= 0.6 is 0 Å². The Morgan fingerprint density at radius 1 is 1.10 bits per heavy atom. The number of nitrogens with zero attached hydrogens (tertiary/aromatic N) is 3. The van der Waals surface area contributed by atoms with Crippen LogP contribution in [0.2, 0.25) is 0 Å². The summed E-state index contributed by atoms with van der Waals surface area (Å²) in [6, 6.07) is 4.14. The number of anilines is 1. The van der Waals surface area contributed by atoms with Gasteiger partial charge in [-0.05, 0) is 41.0 Å². The van der Waals surface area contributed by atoms with Gasteiger partial charge in [-0.3, -0.25) is 20.2 Å². The van der Waals surface area contributed by atoms with Gasteiger partial charge >= 0.3 is 0 Å². The van der Waals surface area contributed by atoms with Crippen molar-refractivity contribution in [1.82, 2.24) is 4.90 Å². The zero-order valence-corrected chi connectivity index (χ0v) is 24.0. The number of hydrogen-bond acceptors (Lipinski definition) is 6. The van der Waals surface area contributed by atoms with Crippen molar-refractivity contribution in [3.63, 3.8) is 0 Å². The van der Waals surface area contributed by atoms with Gasteiger partial charge in [-0.25, -0.2) is 0 Å². The van der Waals surface area contributed by atoms with E-state index in [1.165, 1.54) is 6.07 Å². The Hall–Kier alpha value is -4.46. The van der Waals surface area contributed by atoms with Gasteiger partial charge < -0.3 is 10.2 Å². The molecule has 0 radical (unpaired) electrons. The second kappa shape index (κ2) is 12.2. The highest BCUT2D eigenvalue weighted by molar-refractivity contribution is 5.61. The fourth-order valence-corrected chi connectivity index (χ4v) is 5.14. The number of allylic oxidation sites excluding steroid dienone is 12. The number of nitro groups is 2. The highest BCUT2D eigenvalue weighted by Crippen LogP contribution is 2.49. The molecular weight excluding hydrogens is 504 g/mol. The van der Waals surface area contributed by atoms with Crippen molar-refractivity contribution in [3.05, 3.63) is 140 Å². The van der Waals surface area contributed by atoms with Crippen LogP contribution in [-0.4, -0.2) is 34.9 Å². The van der Waals surface area contributed by atoms with Crippen LogP contribution < -0.4 is 5.32 Å². The summed E-state index contributed by atoms with van der Waals surface area (Å²) in [6.45, 7) is 12.4. The van der Waals surface area contributed by atoms with E-state index in [0.29, 0.717) is 6.42 Å². The number of benzene rings is 1. The second-order valence-corrected chi connectivity index (χ2v) is 10.9. The summed E-state index contributed by atoms with van der Waals surface area (Å²) in [5.74, 6) is 0. The molecule has 1 heterocycles. The molecule has 8 heteroatoms. The maximum absolute atomic E-state index is 11.3. The van der Waals surface area contributed by atoms with Gasteiger partial charge in [0.1, 0.15) is 0 Å². The molecule has 1 unspecified atom stereocenters. The van der Waals surface area contributed by atoms with Gasteiger partial charge in [0.25, 0.3) is 5.69 Å². The Morgan fingerprint density at radius 3 is 2.33 bits per heavy atom. The van der Waals surface area contributed by atoms with Crippen LogP contribution in [0.3, 0.4) is 0 Å². The van der Waals surface area contributed by atoms with Crippen LogP contribution in [0.15, 0.2) is 114 Å². The Balaban J connectivity index is 1.61. The van der Waals surface area contributed by atoms with E-state index in [0.717, 1.165) is 33.8 Å². The standard InChI is InChI=1S/C32H38N4O4/c1-23(31(2,3)26-21-24(35(37)38)17-19-28(26)33-6)15-13-11-9-8-10-12-14-16-30-32(4,5)27-22-25(36(39)40)18-20-29(27)34(30)7/h8-21,25,33H,1,22H2,2-7H3/b10-8+,11-9+,14-12+,15-13+,30-16+. The van der Waals surface area contributed by atoms with E-state index in [4.69, 9.17) is 0 Å². The molecule has 0 saturated heterocycles. The molecular formula is C32H38N4O4. The summed E-state index contributed by atoms with van der Waals surface area (Å²) < 4.78 is 0. The van der Waals surface area contributed by atoms with Crippen LogP contribution in [0.5, 0.6) is 0 Å². The topological polar surface area (TPSA) is 102 Å². The molecule has 0 fully saturated rings. The highest BCUT2D eigenvalue weighted by atomic mass is 16.6. The molecule has 3 rings (SSSR count). The number of non-ortho nitro benzene ring substituents is 1. The van der Waals surface area contributed by atoms with Crippen LogP contribution in [0.1, 0.15) is 39.7 Å². The Bertz CT molecular complexity index is 1400. The van der Waals surface area contributed by atoms with Crippen LogP contribution in [-0.2, 0) is 5.41 Å². The Labute approximate surface area is 236 Å². The minimum atomic E-state index is -0.668. The largest absolute Gasteiger partial charge is 0.388 e. The third-order valence-electron chi connectivity index (χ3n) is 7.76. The summed E-state index contributed by atoms with van der Waals surface area (Å²) in [5, 5.41) is 25.7. The lowest BCUT2D eigenvalue weighted by Gasteiger charge is -2.28. The molecule has 0 saturated carbocycles. The molecule has 8 nitrogen and oxygen atoms in total. The van der Waals surface area contributed by atoms with Gasteiger partial charge in [-0.15, -0.1) is 0 Å². The van der Waals surface area contributed by atoms with Crippen molar-refractivity contribution in [2.24, 2.45) is 5.41 Å². The first-order chi connectivity index (χ1) is 18.8. The summed E-state index contributed by atoms with van der Waals surface area (Å²) in [6.07, 6.45) is 21.4. The first-order valence-corrected chi connectivity index (χ1v) is 13.2. The molecule has 0 amide bonds. The van der Waals surface area contributed by atoms with Crippen molar-refractivity contribution in [3.8, 4) is 0 Å². The number of nitrogens with one attached hydrogen (secondary N) is 1. The van der Waals surface area contributed by atoms with E-state index in [1.807, 2.05) is 75.6 Å². The number of hydrogen-bond donors (Lipinski definition) is 1. The Kier molecular flexibility index (Phi) is 9.14. The van der Waals surface area contributed by atoms with E-state index in [9.17, 15) is 20.2 Å².